The van der Waals surface area contributed by atoms with Crippen LogP contribution in [-0.2, 0) is 4.79 Å². The molecule has 3 N–H and O–H groups in total. The van der Waals surface area contributed by atoms with Crippen LogP contribution in [0.1, 0.15) is 34.1 Å². The molecule has 0 rings (SSSR count). The molecule has 0 heterocycles. The van der Waals surface area contributed by atoms with Gasteiger partial charge in [0.2, 0.25) is 0 Å². The Kier molecular flexibility index (Phi) is 3.46. The Bertz CT molecular complexity index is 213. The third-order valence-corrected chi connectivity index (χ3v) is 1.97. The van der Waals surface area contributed by atoms with E-state index in [1.165, 1.54) is 6.92 Å². The molecule has 0 spiro atoms. The number of nitrogens with two attached hydrogens (primary N) is 1. The SMILES string of the molecule is CC(C)=C(C)CC(C)(N)C(=O)O. The van der Waals surface area contributed by atoms with Crippen LogP contribution in [0.25, 0.3) is 0 Å². The molecule has 70 valence electrons. The molecule has 0 aromatic carbocycles. The molecule has 12 heavy (non-hydrogen) atoms. The number of carboxylic acids is 1. The molecular weight excluding hydrogens is 154 g/mol. The summed E-state index contributed by atoms with van der Waals surface area (Å²) in [4.78, 5) is 10.6. The first-order valence-corrected chi connectivity index (χ1v) is 3.92. The van der Waals surface area contributed by atoms with Crippen molar-refractivity contribution in [2.75, 3.05) is 0 Å². The lowest BCUT2D eigenvalue weighted by atomic mass is 9.93. The average Bonchev–Trinajstić information content (AvgIpc) is 1.85. The summed E-state index contributed by atoms with van der Waals surface area (Å²) in [6, 6.07) is 0. The molecule has 0 radical (unpaired) electrons. The minimum Gasteiger partial charge on any atom is -0.480 e. The van der Waals surface area contributed by atoms with Crippen LogP contribution in [0.3, 0.4) is 0 Å². The molecule has 0 saturated heterocycles. The van der Waals surface area contributed by atoms with Crippen LogP contribution in [-0.4, -0.2) is 16.6 Å². The second kappa shape index (κ2) is 3.72. The molecule has 0 aromatic heterocycles. The van der Waals surface area contributed by atoms with E-state index in [0.29, 0.717) is 6.42 Å². The van der Waals surface area contributed by atoms with Crippen molar-refractivity contribution < 1.29 is 9.90 Å². The van der Waals surface area contributed by atoms with Gasteiger partial charge >= 0.3 is 5.97 Å². The van der Waals surface area contributed by atoms with Gasteiger partial charge in [-0.2, -0.15) is 0 Å². The fraction of sp³-hybridized carbons (Fsp3) is 0.667. The number of hydrogen-bond donors (Lipinski definition) is 2. The molecule has 0 fully saturated rings. The predicted octanol–water partition coefficient (Wildman–Crippen LogP) is 1.53. The number of carboxylic acid groups (broad SMARTS) is 1. The molecule has 0 bridgehead atoms. The number of hydrogen-bond acceptors (Lipinski definition) is 2. The summed E-state index contributed by atoms with van der Waals surface area (Å²) in [5.74, 6) is -0.955. The summed E-state index contributed by atoms with van der Waals surface area (Å²) < 4.78 is 0. The summed E-state index contributed by atoms with van der Waals surface area (Å²) >= 11 is 0. The summed E-state index contributed by atoms with van der Waals surface area (Å²) in [6.07, 6.45) is 0.407. The van der Waals surface area contributed by atoms with Crippen molar-refractivity contribution in [1.82, 2.24) is 0 Å². The van der Waals surface area contributed by atoms with Gasteiger partial charge in [0.25, 0.3) is 0 Å². The van der Waals surface area contributed by atoms with E-state index in [1.807, 2.05) is 20.8 Å². The topological polar surface area (TPSA) is 63.3 Å². The summed E-state index contributed by atoms with van der Waals surface area (Å²) in [7, 11) is 0. The molecule has 0 aliphatic heterocycles. The van der Waals surface area contributed by atoms with Crippen molar-refractivity contribution in [2.45, 2.75) is 39.7 Å². The Morgan fingerprint density at radius 3 is 2.08 bits per heavy atom. The van der Waals surface area contributed by atoms with E-state index in [9.17, 15) is 4.79 Å². The second-order valence-electron chi connectivity index (χ2n) is 3.68. The molecule has 0 amide bonds. The third kappa shape index (κ3) is 3.05. The maximum Gasteiger partial charge on any atom is 0.323 e. The van der Waals surface area contributed by atoms with Crippen LogP contribution in [0, 0.1) is 0 Å². The highest BCUT2D eigenvalue weighted by Gasteiger charge is 2.27. The highest BCUT2D eigenvalue weighted by molar-refractivity contribution is 5.78. The number of aliphatic carboxylic acids is 1. The third-order valence-electron chi connectivity index (χ3n) is 1.97. The van der Waals surface area contributed by atoms with Crippen LogP contribution >= 0.6 is 0 Å². The van der Waals surface area contributed by atoms with Crippen LogP contribution in [0.4, 0.5) is 0 Å². The molecule has 0 aliphatic carbocycles. The summed E-state index contributed by atoms with van der Waals surface area (Å²) in [5.41, 5.74) is 6.60. The number of carbonyl (C=O) groups is 1. The maximum absolute atomic E-state index is 10.6. The second-order valence-corrected chi connectivity index (χ2v) is 3.68. The molecule has 0 saturated carbocycles. The van der Waals surface area contributed by atoms with E-state index in [1.54, 1.807) is 0 Å². The van der Waals surface area contributed by atoms with Gasteiger partial charge in [0.1, 0.15) is 5.54 Å². The lowest BCUT2D eigenvalue weighted by Gasteiger charge is -2.19. The first kappa shape index (κ1) is 11.2. The zero-order valence-electron chi connectivity index (χ0n) is 8.14. The largest absolute Gasteiger partial charge is 0.480 e. The molecule has 0 aliphatic rings. The van der Waals surface area contributed by atoms with E-state index in [2.05, 4.69) is 0 Å². The Balaban J connectivity index is 4.46. The molecule has 3 nitrogen and oxygen atoms in total. The summed E-state index contributed by atoms with van der Waals surface area (Å²) in [6.45, 7) is 7.34. The van der Waals surface area contributed by atoms with Gasteiger partial charge in [-0.15, -0.1) is 0 Å². The lowest BCUT2D eigenvalue weighted by Crippen LogP contribution is -2.45. The average molecular weight is 171 g/mol. The fourth-order valence-electron chi connectivity index (χ4n) is 0.803. The minimum atomic E-state index is -1.14. The first-order chi connectivity index (χ1) is 5.27. The number of allylic oxidation sites excluding steroid dienone is 1. The van der Waals surface area contributed by atoms with Gasteiger partial charge in [-0.05, 0) is 34.1 Å². The Morgan fingerprint density at radius 1 is 1.42 bits per heavy atom. The van der Waals surface area contributed by atoms with E-state index < -0.39 is 11.5 Å². The van der Waals surface area contributed by atoms with Crippen LogP contribution < -0.4 is 5.73 Å². The zero-order chi connectivity index (χ0) is 9.94. The van der Waals surface area contributed by atoms with Gasteiger partial charge in [-0.1, -0.05) is 11.1 Å². The summed E-state index contributed by atoms with van der Waals surface area (Å²) in [5, 5.41) is 8.72. The first-order valence-electron chi connectivity index (χ1n) is 3.92. The maximum atomic E-state index is 10.6. The van der Waals surface area contributed by atoms with Crippen LogP contribution in [0.5, 0.6) is 0 Å². The molecule has 3 heteroatoms. The van der Waals surface area contributed by atoms with Gasteiger partial charge in [-0.3, -0.25) is 4.79 Å². The van der Waals surface area contributed by atoms with Crippen molar-refractivity contribution in [1.29, 1.82) is 0 Å². The van der Waals surface area contributed by atoms with Crippen molar-refractivity contribution in [2.24, 2.45) is 5.73 Å². The predicted molar refractivity (Wildman–Crippen MR) is 48.9 cm³/mol. The van der Waals surface area contributed by atoms with Crippen LogP contribution in [0.2, 0.25) is 0 Å². The van der Waals surface area contributed by atoms with Crippen molar-refractivity contribution in [3.8, 4) is 0 Å². The molecule has 0 aromatic rings. The van der Waals surface area contributed by atoms with Gasteiger partial charge in [0.05, 0.1) is 0 Å². The Hall–Kier alpha value is -0.830. The van der Waals surface area contributed by atoms with Gasteiger partial charge < -0.3 is 10.8 Å². The standard InChI is InChI=1S/C9H17NO2/c1-6(2)7(3)5-9(4,10)8(11)12/h5,10H2,1-4H3,(H,11,12). The van der Waals surface area contributed by atoms with Gasteiger partial charge in [0.15, 0.2) is 0 Å². The molecule has 1 unspecified atom stereocenters. The normalized spacial score (nSPS) is 15.1. The van der Waals surface area contributed by atoms with Crippen molar-refractivity contribution in [3.63, 3.8) is 0 Å². The minimum absolute atomic E-state index is 0.407. The molecular formula is C9H17NO2. The Labute approximate surface area is 73.3 Å². The Morgan fingerprint density at radius 2 is 1.83 bits per heavy atom. The highest BCUT2D eigenvalue weighted by Crippen LogP contribution is 2.16. The highest BCUT2D eigenvalue weighted by atomic mass is 16.4. The van der Waals surface area contributed by atoms with E-state index in [4.69, 9.17) is 10.8 Å². The fourth-order valence-corrected chi connectivity index (χ4v) is 0.803. The van der Waals surface area contributed by atoms with Gasteiger partial charge in [0, 0.05) is 0 Å². The monoisotopic (exact) mass is 171 g/mol. The smallest absolute Gasteiger partial charge is 0.323 e. The lowest BCUT2D eigenvalue weighted by molar-refractivity contribution is -0.142. The molecule has 1 atom stereocenters. The van der Waals surface area contributed by atoms with E-state index in [0.717, 1.165) is 11.1 Å². The van der Waals surface area contributed by atoms with Gasteiger partial charge in [-0.25, -0.2) is 0 Å². The van der Waals surface area contributed by atoms with Crippen LogP contribution in [0.15, 0.2) is 11.1 Å². The number of rotatable bonds is 3. The van der Waals surface area contributed by atoms with E-state index >= 15 is 0 Å². The zero-order valence-corrected chi connectivity index (χ0v) is 8.14. The quantitative estimate of drug-likeness (QED) is 0.633. The van der Waals surface area contributed by atoms with Crippen molar-refractivity contribution >= 4 is 5.97 Å². The van der Waals surface area contributed by atoms with E-state index in [-0.39, 0.29) is 0 Å². The van der Waals surface area contributed by atoms with Crippen molar-refractivity contribution in [3.05, 3.63) is 11.1 Å².